The number of nitrogen functional groups attached to an aromatic ring is 1. The second kappa shape index (κ2) is 5.58. The van der Waals surface area contributed by atoms with Crippen LogP contribution in [0.2, 0.25) is 5.02 Å². The van der Waals surface area contributed by atoms with Gasteiger partial charge < -0.3 is 5.73 Å². The van der Waals surface area contributed by atoms with E-state index in [-0.39, 0.29) is 11.8 Å². The average molecular weight is 340 g/mol. The summed E-state index contributed by atoms with van der Waals surface area (Å²) in [6, 6.07) is 10.1. The molecule has 0 fully saturated rings. The first-order chi connectivity index (χ1) is 11.6. The number of rotatable bonds is 2. The molecule has 0 aliphatic rings. The summed E-state index contributed by atoms with van der Waals surface area (Å²) in [7, 11) is 0. The molecule has 0 saturated carbocycles. The number of nitrogens with two attached hydrogens (primary N) is 1. The van der Waals surface area contributed by atoms with E-state index in [9.17, 15) is 4.39 Å². The number of hydrogen-bond acceptors (Lipinski definition) is 4. The first-order valence-electron chi connectivity index (χ1n) is 7.13. The Morgan fingerprint density at radius 3 is 2.50 bits per heavy atom. The highest BCUT2D eigenvalue weighted by Gasteiger charge is 2.13. The molecule has 118 valence electrons. The van der Waals surface area contributed by atoms with Crippen molar-refractivity contribution in [1.82, 2.24) is 19.4 Å². The maximum atomic E-state index is 13.1. The first-order valence-corrected chi connectivity index (χ1v) is 7.51. The minimum atomic E-state index is -0.272. The van der Waals surface area contributed by atoms with Gasteiger partial charge in [-0.3, -0.25) is 4.40 Å². The zero-order chi connectivity index (χ0) is 16.7. The van der Waals surface area contributed by atoms with Crippen LogP contribution in [0.3, 0.4) is 0 Å². The lowest BCUT2D eigenvalue weighted by Crippen LogP contribution is -1.98. The van der Waals surface area contributed by atoms with Gasteiger partial charge in [-0.05, 0) is 35.4 Å². The van der Waals surface area contributed by atoms with Gasteiger partial charge in [0.05, 0.1) is 23.1 Å². The standard InChI is InChI=1S/C17H11ClFN5/c18-13-7-22-17(20)23-16(13)14-8-21-15-6-3-11(9-24(14)15)10-1-4-12(19)5-2-10/h1-9H,(H2,20,22,23). The summed E-state index contributed by atoms with van der Waals surface area (Å²) in [5, 5.41) is 0.387. The average Bonchev–Trinajstić information content (AvgIpc) is 3.01. The van der Waals surface area contributed by atoms with E-state index in [2.05, 4.69) is 15.0 Å². The fraction of sp³-hybridized carbons (Fsp3) is 0. The van der Waals surface area contributed by atoms with Crippen molar-refractivity contribution in [2.24, 2.45) is 0 Å². The molecular formula is C17H11ClFN5. The number of hydrogen-bond donors (Lipinski definition) is 1. The van der Waals surface area contributed by atoms with Gasteiger partial charge in [-0.15, -0.1) is 0 Å². The van der Waals surface area contributed by atoms with Crippen LogP contribution in [0.5, 0.6) is 0 Å². The third kappa shape index (κ3) is 2.47. The Kier molecular flexibility index (Phi) is 3.39. The highest BCUT2D eigenvalue weighted by Crippen LogP contribution is 2.28. The van der Waals surface area contributed by atoms with Gasteiger partial charge in [0.2, 0.25) is 5.95 Å². The molecule has 0 saturated heterocycles. The molecule has 0 aliphatic heterocycles. The Balaban J connectivity index is 1.90. The molecule has 0 atom stereocenters. The van der Waals surface area contributed by atoms with Crippen LogP contribution >= 0.6 is 11.6 Å². The van der Waals surface area contributed by atoms with Crippen LogP contribution in [0.25, 0.3) is 28.2 Å². The van der Waals surface area contributed by atoms with Crippen molar-refractivity contribution in [3.63, 3.8) is 0 Å². The van der Waals surface area contributed by atoms with Gasteiger partial charge in [0.15, 0.2) is 0 Å². The topological polar surface area (TPSA) is 69.1 Å². The zero-order valence-electron chi connectivity index (χ0n) is 12.3. The van der Waals surface area contributed by atoms with Gasteiger partial charge in [-0.1, -0.05) is 23.7 Å². The van der Waals surface area contributed by atoms with E-state index in [1.807, 2.05) is 22.7 Å². The minimum Gasteiger partial charge on any atom is -0.368 e. The van der Waals surface area contributed by atoms with Gasteiger partial charge in [0, 0.05) is 6.20 Å². The second-order valence-electron chi connectivity index (χ2n) is 5.22. The summed E-state index contributed by atoms with van der Waals surface area (Å²) < 4.78 is 15.0. The van der Waals surface area contributed by atoms with E-state index in [1.54, 1.807) is 18.3 Å². The largest absolute Gasteiger partial charge is 0.368 e. The molecule has 0 spiro atoms. The van der Waals surface area contributed by atoms with Gasteiger partial charge in [0.1, 0.15) is 17.2 Å². The number of benzene rings is 1. The highest BCUT2D eigenvalue weighted by molar-refractivity contribution is 6.32. The van der Waals surface area contributed by atoms with Crippen molar-refractivity contribution in [2.75, 3.05) is 5.73 Å². The molecule has 4 rings (SSSR count). The van der Waals surface area contributed by atoms with E-state index < -0.39 is 0 Å². The molecule has 0 aliphatic carbocycles. The third-order valence-electron chi connectivity index (χ3n) is 3.69. The Bertz CT molecular complexity index is 1040. The lowest BCUT2D eigenvalue weighted by Gasteiger charge is -2.07. The number of anilines is 1. The number of fused-ring (bicyclic) bond motifs is 1. The van der Waals surface area contributed by atoms with Gasteiger partial charge in [-0.2, -0.15) is 0 Å². The number of imidazole rings is 1. The first kappa shape index (κ1) is 14.6. The summed E-state index contributed by atoms with van der Waals surface area (Å²) in [5.41, 5.74) is 9.43. The maximum absolute atomic E-state index is 13.1. The normalized spacial score (nSPS) is 11.1. The van der Waals surface area contributed by atoms with Crippen LogP contribution in [0.4, 0.5) is 10.3 Å². The summed E-state index contributed by atoms with van der Waals surface area (Å²) in [4.78, 5) is 12.4. The number of halogens is 2. The molecule has 2 N–H and O–H groups in total. The Morgan fingerprint density at radius 2 is 1.71 bits per heavy atom. The lowest BCUT2D eigenvalue weighted by molar-refractivity contribution is 0.628. The molecule has 5 nitrogen and oxygen atoms in total. The van der Waals surface area contributed by atoms with E-state index in [4.69, 9.17) is 17.3 Å². The number of nitrogens with zero attached hydrogens (tertiary/aromatic N) is 4. The Hall–Kier alpha value is -2.99. The van der Waals surface area contributed by atoms with Crippen molar-refractivity contribution >= 4 is 23.2 Å². The van der Waals surface area contributed by atoms with E-state index in [1.165, 1.54) is 18.3 Å². The van der Waals surface area contributed by atoms with E-state index in [0.29, 0.717) is 16.4 Å². The van der Waals surface area contributed by atoms with Crippen molar-refractivity contribution in [2.45, 2.75) is 0 Å². The van der Waals surface area contributed by atoms with E-state index >= 15 is 0 Å². The SMILES string of the molecule is Nc1ncc(Cl)c(-c2cnc3ccc(-c4ccc(F)cc4)cn23)n1. The summed E-state index contributed by atoms with van der Waals surface area (Å²) in [5.74, 6) is -0.134. The van der Waals surface area contributed by atoms with Gasteiger partial charge in [0.25, 0.3) is 0 Å². The van der Waals surface area contributed by atoms with E-state index in [0.717, 1.165) is 16.8 Å². The van der Waals surface area contributed by atoms with Crippen LogP contribution in [-0.2, 0) is 0 Å². The molecule has 1 aromatic carbocycles. The number of aromatic nitrogens is 4. The smallest absolute Gasteiger partial charge is 0.220 e. The molecule has 3 aromatic heterocycles. The van der Waals surface area contributed by atoms with Crippen LogP contribution in [0.1, 0.15) is 0 Å². The van der Waals surface area contributed by atoms with Crippen molar-refractivity contribution in [3.05, 3.63) is 65.8 Å². The molecule has 4 aromatic rings. The summed E-state index contributed by atoms with van der Waals surface area (Å²) in [6.07, 6.45) is 5.04. The van der Waals surface area contributed by atoms with Gasteiger partial charge >= 0.3 is 0 Å². The quantitative estimate of drug-likeness (QED) is 0.602. The predicted molar refractivity (Wildman–Crippen MR) is 91.0 cm³/mol. The fourth-order valence-electron chi connectivity index (χ4n) is 2.53. The maximum Gasteiger partial charge on any atom is 0.220 e. The molecule has 0 bridgehead atoms. The van der Waals surface area contributed by atoms with Gasteiger partial charge in [-0.25, -0.2) is 19.3 Å². The minimum absolute atomic E-state index is 0.138. The molecule has 24 heavy (non-hydrogen) atoms. The Labute approximate surface area is 141 Å². The molecule has 3 heterocycles. The molecular weight excluding hydrogens is 329 g/mol. The summed E-state index contributed by atoms with van der Waals surface area (Å²) >= 11 is 6.20. The molecule has 0 amide bonds. The second-order valence-corrected chi connectivity index (χ2v) is 5.63. The van der Waals surface area contributed by atoms with Crippen molar-refractivity contribution in [3.8, 4) is 22.5 Å². The van der Waals surface area contributed by atoms with Crippen LogP contribution < -0.4 is 5.73 Å². The van der Waals surface area contributed by atoms with Crippen LogP contribution in [0.15, 0.2) is 55.0 Å². The molecule has 0 radical (unpaired) electrons. The Morgan fingerprint density at radius 1 is 0.958 bits per heavy atom. The summed E-state index contributed by atoms with van der Waals surface area (Å²) in [6.45, 7) is 0. The third-order valence-corrected chi connectivity index (χ3v) is 3.97. The molecule has 0 unspecified atom stereocenters. The van der Waals surface area contributed by atoms with Crippen LogP contribution in [0, 0.1) is 5.82 Å². The van der Waals surface area contributed by atoms with Crippen molar-refractivity contribution in [1.29, 1.82) is 0 Å². The zero-order valence-corrected chi connectivity index (χ0v) is 13.1. The predicted octanol–water partition coefficient (Wildman–Crippen LogP) is 3.83. The van der Waals surface area contributed by atoms with Crippen LogP contribution in [-0.4, -0.2) is 19.4 Å². The highest BCUT2D eigenvalue weighted by atomic mass is 35.5. The lowest BCUT2D eigenvalue weighted by atomic mass is 10.1. The van der Waals surface area contributed by atoms with Crippen molar-refractivity contribution < 1.29 is 4.39 Å². The number of pyridine rings is 1. The fourth-order valence-corrected chi connectivity index (χ4v) is 2.72. The molecule has 7 heteroatoms. The monoisotopic (exact) mass is 339 g/mol.